The zero-order valence-corrected chi connectivity index (χ0v) is 11.2. The first-order valence-electron chi connectivity index (χ1n) is 6.74. The summed E-state index contributed by atoms with van der Waals surface area (Å²) in [4.78, 5) is 0. The second-order valence-corrected chi connectivity index (χ2v) is 4.53. The van der Waals surface area contributed by atoms with Crippen molar-refractivity contribution in [2.24, 2.45) is 0 Å². The van der Waals surface area contributed by atoms with Crippen LogP contribution in [-0.4, -0.2) is 39.0 Å². The summed E-state index contributed by atoms with van der Waals surface area (Å²) in [6, 6.07) is 5.06. The molecule has 0 bridgehead atoms. The molecule has 1 aromatic carbocycles. The maximum atomic E-state index is 13.6. The van der Waals surface area contributed by atoms with E-state index >= 15 is 0 Å². The molecule has 4 nitrogen and oxygen atoms in total. The molecule has 106 valence electrons. The summed E-state index contributed by atoms with van der Waals surface area (Å²) in [5.41, 5.74) is 0.907. The van der Waals surface area contributed by atoms with E-state index in [2.05, 4.69) is 10.6 Å². The lowest BCUT2D eigenvalue weighted by Crippen LogP contribution is -2.43. The second kappa shape index (κ2) is 7.43. The summed E-state index contributed by atoms with van der Waals surface area (Å²) in [6.45, 7) is 6.24. The molecule has 0 saturated carbocycles. The van der Waals surface area contributed by atoms with Gasteiger partial charge in [0.2, 0.25) is 0 Å². The summed E-state index contributed by atoms with van der Waals surface area (Å²) in [6.07, 6.45) is 0.196. The van der Waals surface area contributed by atoms with Crippen LogP contribution in [0.15, 0.2) is 18.2 Å². The highest BCUT2D eigenvalue weighted by Gasteiger charge is 2.12. The maximum Gasteiger partial charge on any atom is 0.165 e. The molecule has 1 fully saturated rings. The Morgan fingerprint density at radius 1 is 1.53 bits per heavy atom. The van der Waals surface area contributed by atoms with Gasteiger partial charge in [-0.1, -0.05) is 6.07 Å². The third-order valence-electron chi connectivity index (χ3n) is 3.00. The Balaban J connectivity index is 1.77. The Labute approximate surface area is 113 Å². The van der Waals surface area contributed by atoms with Crippen LogP contribution in [0.5, 0.6) is 5.75 Å². The topological polar surface area (TPSA) is 42.5 Å². The molecule has 0 aromatic heterocycles. The van der Waals surface area contributed by atoms with E-state index in [0.29, 0.717) is 18.9 Å². The van der Waals surface area contributed by atoms with E-state index in [1.165, 1.54) is 6.07 Å². The van der Waals surface area contributed by atoms with Crippen molar-refractivity contribution in [3.8, 4) is 5.75 Å². The van der Waals surface area contributed by atoms with Gasteiger partial charge in [0.05, 0.1) is 19.3 Å². The molecule has 1 unspecified atom stereocenters. The van der Waals surface area contributed by atoms with E-state index in [1.807, 2.05) is 13.0 Å². The molecule has 2 rings (SSSR count). The zero-order valence-electron chi connectivity index (χ0n) is 11.2. The van der Waals surface area contributed by atoms with Gasteiger partial charge in [0.15, 0.2) is 11.6 Å². The van der Waals surface area contributed by atoms with Gasteiger partial charge in [-0.2, -0.15) is 0 Å². The molecule has 1 aliphatic heterocycles. The first-order valence-corrected chi connectivity index (χ1v) is 6.74. The standard InChI is InChI=1S/C14H21FN2O2/c1-2-18-14-4-3-11(7-13(14)15)8-17-10-12-9-16-5-6-19-12/h3-4,7,12,16-17H,2,5-6,8-10H2,1H3. The number of hydrogen-bond donors (Lipinski definition) is 2. The molecule has 2 N–H and O–H groups in total. The number of hydrogen-bond acceptors (Lipinski definition) is 4. The molecule has 0 aliphatic carbocycles. The SMILES string of the molecule is CCOc1ccc(CNCC2CNCCO2)cc1F. The minimum atomic E-state index is -0.309. The Morgan fingerprint density at radius 3 is 3.11 bits per heavy atom. The third-order valence-corrected chi connectivity index (χ3v) is 3.00. The van der Waals surface area contributed by atoms with E-state index < -0.39 is 0 Å². The molecule has 0 amide bonds. The van der Waals surface area contributed by atoms with E-state index in [-0.39, 0.29) is 11.9 Å². The van der Waals surface area contributed by atoms with Gasteiger partial charge in [0, 0.05) is 26.2 Å². The van der Waals surface area contributed by atoms with Crippen molar-refractivity contribution in [3.63, 3.8) is 0 Å². The van der Waals surface area contributed by atoms with Crippen molar-refractivity contribution < 1.29 is 13.9 Å². The highest BCUT2D eigenvalue weighted by atomic mass is 19.1. The lowest BCUT2D eigenvalue weighted by Gasteiger charge is -2.23. The smallest absolute Gasteiger partial charge is 0.165 e. The van der Waals surface area contributed by atoms with Crippen molar-refractivity contribution in [1.29, 1.82) is 0 Å². The maximum absolute atomic E-state index is 13.6. The monoisotopic (exact) mass is 268 g/mol. The minimum Gasteiger partial charge on any atom is -0.491 e. The van der Waals surface area contributed by atoms with Crippen molar-refractivity contribution in [3.05, 3.63) is 29.6 Å². The van der Waals surface area contributed by atoms with Crippen LogP contribution in [0.25, 0.3) is 0 Å². The van der Waals surface area contributed by atoms with E-state index in [4.69, 9.17) is 9.47 Å². The minimum absolute atomic E-state index is 0.196. The summed E-state index contributed by atoms with van der Waals surface area (Å²) in [7, 11) is 0. The fraction of sp³-hybridized carbons (Fsp3) is 0.571. The highest BCUT2D eigenvalue weighted by molar-refractivity contribution is 5.29. The van der Waals surface area contributed by atoms with Crippen molar-refractivity contribution in [2.45, 2.75) is 19.6 Å². The van der Waals surface area contributed by atoms with E-state index in [9.17, 15) is 4.39 Å². The van der Waals surface area contributed by atoms with Crippen molar-refractivity contribution in [2.75, 3.05) is 32.8 Å². The molecule has 1 aromatic rings. The molecule has 1 heterocycles. The van der Waals surface area contributed by atoms with E-state index in [0.717, 1.165) is 31.8 Å². The largest absolute Gasteiger partial charge is 0.491 e. The van der Waals surface area contributed by atoms with E-state index in [1.54, 1.807) is 6.07 Å². The summed E-state index contributed by atoms with van der Waals surface area (Å²) < 4.78 is 24.4. The number of benzene rings is 1. The fourth-order valence-electron chi connectivity index (χ4n) is 2.06. The number of rotatable bonds is 6. The molecule has 1 aliphatic rings. The van der Waals surface area contributed by atoms with Gasteiger partial charge < -0.3 is 20.1 Å². The van der Waals surface area contributed by atoms with Crippen LogP contribution in [0, 0.1) is 5.82 Å². The Morgan fingerprint density at radius 2 is 2.42 bits per heavy atom. The normalized spacial score (nSPS) is 19.4. The molecule has 5 heteroatoms. The van der Waals surface area contributed by atoms with Crippen LogP contribution in [0.4, 0.5) is 4.39 Å². The molecule has 19 heavy (non-hydrogen) atoms. The molecule has 1 saturated heterocycles. The van der Waals surface area contributed by atoms with Gasteiger partial charge >= 0.3 is 0 Å². The van der Waals surface area contributed by atoms with Gasteiger partial charge in [-0.3, -0.25) is 0 Å². The van der Waals surface area contributed by atoms with Gasteiger partial charge in [0.1, 0.15) is 0 Å². The quantitative estimate of drug-likeness (QED) is 0.816. The van der Waals surface area contributed by atoms with Crippen LogP contribution in [0.2, 0.25) is 0 Å². The summed E-state index contributed by atoms with van der Waals surface area (Å²) in [5, 5.41) is 6.55. The molecule has 0 spiro atoms. The van der Waals surface area contributed by atoms with Gasteiger partial charge in [-0.25, -0.2) is 4.39 Å². The Kier molecular flexibility index (Phi) is 5.57. The van der Waals surface area contributed by atoms with Crippen molar-refractivity contribution >= 4 is 0 Å². The van der Waals surface area contributed by atoms with Crippen LogP contribution < -0.4 is 15.4 Å². The van der Waals surface area contributed by atoms with Crippen LogP contribution >= 0.6 is 0 Å². The molecular weight excluding hydrogens is 247 g/mol. The predicted molar refractivity (Wildman–Crippen MR) is 71.9 cm³/mol. The predicted octanol–water partition coefficient (Wildman–Crippen LogP) is 1.30. The van der Waals surface area contributed by atoms with Crippen molar-refractivity contribution in [1.82, 2.24) is 10.6 Å². The Bertz CT molecular complexity index is 395. The molecule has 1 atom stereocenters. The van der Waals surface area contributed by atoms with Gasteiger partial charge in [-0.05, 0) is 24.6 Å². The number of morpholine rings is 1. The second-order valence-electron chi connectivity index (χ2n) is 4.53. The molecular formula is C14H21FN2O2. The Hall–Kier alpha value is -1.17. The van der Waals surface area contributed by atoms with Gasteiger partial charge in [-0.15, -0.1) is 0 Å². The highest BCUT2D eigenvalue weighted by Crippen LogP contribution is 2.18. The number of halogens is 1. The first-order chi connectivity index (χ1) is 9.29. The van der Waals surface area contributed by atoms with Crippen LogP contribution in [0.1, 0.15) is 12.5 Å². The average Bonchev–Trinajstić information content (AvgIpc) is 2.43. The van der Waals surface area contributed by atoms with Crippen LogP contribution in [-0.2, 0) is 11.3 Å². The zero-order chi connectivity index (χ0) is 13.5. The average molecular weight is 268 g/mol. The molecule has 0 radical (unpaired) electrons. The number of nitrogens with one attached hydrogen (secondary N) is 2. The lowest BCUT2D eigenvalue weighted by molar-refractivity contribution is 0.0290. The fourth-order valence-corrected chi connectivity index (χ4v) is 2.06. The van der Waals surface area contributed by atoms with Crippen LogP contribution in [0.3, 0.4) is 0 Å². The van der Waals surface area contributed by atoms with Gasteiger partial charge in [0.25, 0.3) is 0 Å². The third kappa shape index (κ3) is 4.45. The number of ether oxygens (including phenoxy) is 2. The summed E-state index contributed by atoms with van der Waals surface area (Å²) >= 11 is 0. The lowest BCUT2D eigenvalue weighted by atomic mass is 10.2. The summed E-state index contributed by atoms with van der Waals surface area (Å²) in [5.74, 6) is 0.00259. The first kappa shape index (κ1) is 14.2.